The van der Waals surface area contributed by atoms with Gasteiger partial charge in [-0.05, 0) is 70.2 Å². The Morgan fingerprint density at radius 2 is 1.87 bits per heavy atom. The molecular formula is C18H30N2O2S. The Hall–Kier alpha value is -0.910. The first-order valence-corrected chi connectivity index (χ1v) is 10.1. The maximum absolute atomic E-state index is 12.6. The van der Waals surface area contributed by atoms with Crippen LogP contribution < -0.4 is 4.72 Å². The molecule has 1 unspecified atom stereocenters. The highest BCUT2D eigenvalue weighted by molar-refractivity contribution is 7.89. The van der Waals surface area contributed by atoms with Gasteiger partial charge in [-0.1, -0.05) is 24.6 Å². The SMILES string of the molecule is Cc1cc(C)c(S(=O)(=O)NCCCN2CCCC(C)C2)c(C)c1. The lowest BCUT2D eigenvalue weighted by atomic mass is 10.0. The quantitative estimate of drug-likeness (QED) is 0.811. The van der Waals surface area contributed by atoms with Crippen LogP contribution in [0.4, 0.5) is 0 Å². The molecule has 130 valence electrons. The molecule has 0 aliphatic carbocycles. The van der Waals surface area contributed by atoms with Crippen molar-refractivity contribution in [3.8, 4) is 0 Å². The van der Waals surface area contributed by atoms with E-state index in [1.165, 1.54) is 12.8 Å². The van der Waals surface area contributed by atoms with Crippen LogP contribution in [-0.4, -0.2) is 39.5 Å². The van der Waals surface area contributed by atoms with Crippen LogP contribution in [0, 0.1) is 26.7 Å². The van der Waals surface area contributed by atoms with E-state index in [0.717, 1.165) is 48.7 Å². The third-order valence-corrected chi connectivity index (χ3v) is 6.32. The van der Waals surface area contributed by atoms with E-state index in [9.17, 15) is 8.42 Å². The highest BCUT2D eigenvalue weighted by Gasteiger charge is 2.20. The molecule has 0 amide bonds. The fourth-order valence-electron chi connectivity index (χ4n) is 3.66. The first-order valence-electron chi connectivity index (χ1n) is 8.59. The third-order valence-electron chi connectivity index (χ3n) is 4.56. The van der Waals surface area contributed by atoms with Gasteiger partial charge < -0.3 is 4.90 Å². The number of hydrogen-bond acceptors (Lipinski definition) is 3. The van der Waals surface area contributed by atoms with Gasteiger partial charge in [0.1, 0.15) is 0 Å². The molecule has 4 nitrogen and oxygen atoms in total. The van der Waals surface area contributed by atoms with Gasteiger partial charge in [-0.15, -0.1) is 0 Å². The zero-order chi connectivity index (χ0) is 17.0. The fourth-order valence-corrected chi connectivity index (χ4v) is 5.18. The lowest BCUT2D eigenvalue weighted by Crippen LogP contribution is -2.36. The van der Waals surface area contributed by atoms with Gasteiger partial charge in [0.2, 0.25) is 10.0 Å². The number of nitrogens with zero attached hydrogens (tertiary/aromatic N) is 1. The Kier molecular flexibility index (Phi) is 6.23. The van der Waals surface area contributed by atoms with Gasteiger partial charge in [0, 0.05) is 13.1 Å². The number of likely N-dealkylation sites (tertiary alicyclic amines) is 1. The van der Waals surface area contributed by atoms with Gasteiger partial charge >= 0.3 is 0 Å². The smallest absolute Gasteiger partial charge is 0.241 e. The Bertz CT molecular complexity index is 617. The predicted octanol–water partition coefficient (Wildman–Crippen LogP) is 3.01. The van der Waals surface area contributed by atoms with Crippen molar-refractivity contribution in [3.63, 3.8) is 0 Å². The molecule has 1 aromatic rings. The minimum atomic E-state index is -3.42. The molecule has 0 bridgehead atoms. The summed E-state index contributed by atoms with van der Waals surface area (Å²) in [5, 5.41) is 0. The van der Waals surface area contributed by atoms with Gasteiger partial charge in [0.15, 0.2) is 0 Å². The van der Waals surface area contributed by atoms with Crippen LogP contribution >= 0.6 is 0 Å². The van der Waals surface area contributed by atoms with E-state index in [1.807, 2.05) is 32.9 Å². The molecule has 0 radical (unpaired) electrons. The Balaban J connectivity index is 1.90. The van der Waals surface area contributed by atoms with Crippen LogP contribution in [-0.2, 0) is 10.0 Å². The van der Waals surface area contributed by atoms with Gasteiger partial charge in [0.05, 0.1) is 4.90 Å². The van der Waals surface area contributed by atoms with E-state index in [4.69, 9.17) is 0 Å². The van der Waals surface area contributed by atoms with Gasteiger partial charge in [-0.2, -0.15) is 0 Å². The lowest BCUT2D eigenvalue weighted by Gasteiger charge is -2.30. The predicted molar refractivity (Wildman–Crippen MR) is 95.3 cm³/mol. The Morgan fingerprint density at radius 1 is 1.22 bits per heavy atom. The maximum atomic E-state index is 12.6. The molecule has 1 N–H and O–H groups in total. The van der Waals surface area contributed by atoms with Crippen molar-refractivity contribution in [1.82, 2.24) is 9.62 Å². The molecule has 1 heterocycles. The van der Waals surface area contributed by atoms with Crippen LogP contribution in [0.15, 0.2) is 17.0 Å². The molecule has 5 heteroatoms. The average Bonchev–Trinajstić information content (AvgIpc) is 2.42. The number of aryl methyl sites for hydroxylation is 3. The normalized spacial score (nSPS) is 19.9. The van der Waals surface area contributed by atoms with Crippen molar-refractivity contribution in [3.05, 3.63) is 28.8 Å². The standard InChI is InChI=1S/C18H30N2O2S/c1-14-7-5-9-20(13-14)10-6-8-19-23(21,22)18-16(3)11-15(2)12-17(18)4/h11-12,14,19H,5-10,13H2,1-4H3. The zero-order valence-corrected chi connectivity index (χ0v) is 15.7. The summed E-state index contributed by atoms with van der Waals surface area (Å²) in [7, 11) is -3.42. The number of nitrogens with one attached hydrogen (secondary N) is 1. The van der Waals surface area contributed by atoms with E-state index < -0.39 is 10.0 Å². The van der Waals surface area contributed by atoms with Crippen molar-refractivity contribution < 1.29 is 8.42 Å². The van der Waals surface area contributed by atoms with Crippen molar-refractivity contribution >= 4 is 10.0 Å². The summed E-state index contributed by atoms with van der Waals surface area (Å²) < 4.78 is 27.9. The van der Waals surface area contributed by atoms with Crippen molar-refractivity contribution in [2.45, 2.75) is 51.9 Å². The van der Waals surface area contributed by atoms with E-state index >= 15 is 0 Å². The summed E-state index contributed by atoms with van der Waals surface area (Å²) in [6.45, 7) is 11.8. The Labute approximate surface area is 141 Å². The summed E-state index contributed by atoms with van der Waals surface area (Å²) in [5.74, 6) is 0.762. The van der Waals surface area contributed by atoms with Crippen LogP contribution in [0.1, 0.15) is 42.9 Å². The number of piperidine rings is 1. The number of sulfonamides is 1. The molecule has 1 aliphatic rings. The minimum absolute atomic E-state index is 0.440. The summed E-state index contributed by atoms with van der Waals surface area (Å²) in [6.07, 6.45) is 3.43. The lowest BCUT2D eigenvalue weighted by molar-refractivity contribution is 0.182. The highest BCUT2D eigenvalue weighted by Crippen LogP contribution is 2.21. The second kappa shape index (κ2) is 7.77. The number of hydrogen-bond donors (Lipinski definition) is 1. The van der Waals surface area contributed by atoms with Crippen LogP contribution in [0.25, 0.3) is 0 Å². The van der Waals surface area contributed by atoms with Crippen molar-refractivity contribution in [2.75, 3.05) is 26.2 Å². The van der Waals surface area contributed by atoms with Gasteiger partial charge in [0.25, 0.3) is 0 Å². The molecule has 1 fully saturated rings. The second-order valence-electron chi connectivity index (χ2n) is 7.03. The molecule has 23 heavy (non-hydrogen) atoms. The fraction of sp³-hybridized carbons (Fsp3) is 0.667. The molecule has 1 saturated heterocycles. The third kappa shape index (κ3) is 5.03. The topological polar surface area (TPSA) is 49.4 Å². The molecule has 0 aromatic heterocycles. The molecule has 0 saturated carbocycles. The van der Waals surface area contributed by atoms with E-state index in [2.05, 4.69) is 16.5 Å². The maximum Gasteiger partial charge on any atom is 0.241 e. The second-order valence-corrected chi connectivity index (χ2v) is 8.73. The van der Waals surface area contributed by atoms with Crippen LogP contribution in [0.5, 0.6) is 0 Å². The molecule has 2 rings (SSSR count). The summed E-state index contributed by atoms with van der Waals surface area (Å²) >= 11 is 0. The molecular weight excluding hydrogens is 308 g/mol. The van der Waals surface area contributed by atoms with Gasteiger partial charge in [-0.3, -0.25) is 0 Å². The van der Waals surface area contributed by atoms with Crippen molar-refractivity contribution in [1.29, 1.82) is 0 Å². The monoisotopic (exact) mass is 338 g/mol. The molecule has 1 atom stereocenters. The summed E-state index contributed by atoms with van der Waals surface area (Å²) in [5.41, 5.74) is 2.73. The zero-order valence-electron chi connectivity index (χ0n) is 14.9. The van der Waals surface area contributed by atoms with Crippen LogP contribution in [0.3, 0.4) is 0 Å². The summed E-state index contributed by atoms with van der Waals surface area (Å²) in [6, 6.07) is 3.85. The molecule has 0 spiro atoms. The minimum Gasteiger partial charge on any atom is -0.303 e. The average molecular weight is 339 g/mol. The highest BCUT2D eigenvalue weighted by atomic mass is 32.2. The molecule has 1 aliphatic heterocycles. The number of rotatable bonds is 6. The van der Waals surface area contributed by atoms with Crippen LogP contribution in [0.2, 0.25) is 0 Å². The first kappa shape index (κ1) is 18.4. The Morgan fingerprint density at radius 3 is 2.48 bits per heavy atom. The largest absolute Gasteiger partial charge is 0.303 e. The number of benzene rings is 1. The molecule has 1 aromatic carbocycles. The summed E-state index contributed by atoms with van der Waals surface area (Å²) in [4.78, 5) is 2.89. The van der Waals surface area contributed by atoms with E-state index in [0.29, 0.717) is 11.4 Å². The first-order chi connectivity index (χ1) is 10.8. The van der Waals surface area contributed by atoms with Crippen molar-refractivity contribution in [2.24, 2.45) is 5.92 Å². The van der Waals surface area contributed by atoms with E-state index in [-0.39, 0.29) is 0 Å². The van der Waals surface area contributed by atoms with E-state index in [1.54, 1.807) is 0 Å². The van der Waals surface area contributed by atoms with Gasteiger partial charge in [-0.25, -0.2) is 13.1 Å².